The topological polar surface area (TPSA) is 72.7 Å². The number of rotatable bonds is 7. The second kappa shape index (κ2) is 11.0. The van der Waals surface area contributed by atoms with Gasteiger partial charge < -0.3 is 14.5 Å². The lowest BCUT2D eigenvalue weighted by Gasteiger charge is -2.28. The maximum atomic E-state index is 12.8. The second-order valence-corrected chi connectivity index (χ2v) is 9.93. The van der Waals surface area contributed by atoms with Crippen LogP contribution in [0.25, 0.3) is 16.8 Å². The van der Waals surface area contributed by atoms with E-state index < -0.39 is 0 Å². The minimum absolute atomic E-state index is 0.0656. The molecule has 0 saturated heterocycles. The van der Waals surface area contributed by atoms with Gasteiger partial charge in [-0.15, -0.1) is 0 Å². The van der Waals surface area contributed by atoms with Crippen molar-refractivity contribution in [1.29, 1.82) is 0 Å². The molecule has 6 nitrogen and oxygen atoms in total. The first-order valence-electron chi connectivity index (χ1n) is 13.1. The van der Waals surface area contributed by atoms with Gasteiger partial charge in [-0.25, -0.2) is 4.98 Å². The number of carbonyl (C=O) groups is 2. The van der Waals surface area contributed by atoms with Crippen molar-refractivity contribution in [3.05, 3.63) is 89.9 Å². The summed E-state index contributed by atoms with van der Waals surface area (Å²) in [6.45, 7) is 4.28. The number of anilines is 1. The molecule has 6 heteroatoms. The molecule has 190 valence electrons. The molecule has 37 heavy (non-hydrogen) atoms. The highest BCUT2D eigenvalue weighted by atomic mass is 16.5. The zero-order chi connectivity index (χ0) is 25.8. The van der Waals surface area contributed by atoms with Crippen LogP contribution < -0.4 is 5.32 Å². The number of carbonyl (C=O) groups excluding carboxylic acids is 2. The predicted octanol–water partition coefficient (Wildman–Crippen LogP) is 6.79. The zero-order valence-corrected chi connectivity index (χ0v) is 21.4. The van der Waals surface area contributed by atoms with E-state index in [0.717, 1.165) is 53.7 Å². The first-order chi connectivity index (χ1) is 18.0. The summed E-state index contributed by atoms with van der Waals surface area (Å²) in [5, 5.41) is 2.95. The van der Waals surface area contributed by atoms with Crippen LogP contribution in [0.5, 0.6) is 0 Å². The molecule has 0 bridgehead atoms. The van der Waals surface area contributed by atoms with Crippen LogP contribution >= 0.6 is 0 Å². The quantitative estimate of drug-likeness (QED) is 0.287. The van der Waals surface area contributed by atoms with Crippen LogP contribution in [0, 0.1) is 12.8 Å². The summed E-state index contributed by atoms with van der Waals surface area (Å²) >= 11 is 0. The fourth-order valence-corrected chi connectivity index (χ4v) is 5.27. The molecule has 2 aromatic heterocycles. The van der Waals surface area contributed by atoms with E-state index in [0.29, 0.717) is 30.6 Å². The first kappa shape index (κ1) is 24.8. The molecule has 2 aromatic carbocycles. The molecule has 0 radical (unpaired) electrons. The van der Waals surface area contributed by atoms with Crippen molar-refractivity contribution < 1.29 is 14.3 Å². The van der Waals surface area contributed by atoms with Crippen LogP contribution in [-0.4, -0.2) is 27.9 Å². The molecule has 1 aliphatic rings. The van der Waals surface area contributed by atoms with Gasteiger partial charge >= 0.3 is 5.97 Å². The van der Waals surface area contributed by atoms with E-state index in [2.05, 4.69) is 34.6 Å². The van der Waals surface area contributed by atoms with E-state index in [-0.39, 0.29) is 11.9 Å². The Labute approximate surface area is 217 Å². The van der Waals surface area contributed by atoms with Crippen LogP contribution in [0.1, 0.15) is 66.6 Å². The molecule has 0 spiro atoms. The number of hydrogen-bond acceptors (Lipinski definition) is 4. The number of hydrogen-bond donors (Lipinski definition) is 1. The van der Waals surface area contributed by atoms with Crippen LogP contribution in [0.3, 0.4) is 0 Å². The Bertz CT molecular complexity index is 1400. The monoisotopic (exact) mass is 495 g/mol. The molecule has 4 aromatic rings. The zero-order valence-electron chi connectivity index (χ0n) is 21.4. The molecule has 1 aliphatic carbocycles. The molecule has 1 N–H and O–H groups in total. The molecule has 0 aliphatic heterocycles. The Kier molecular flexibility index (Phi) is 7.35. The van der Waals surface area contributed by atoms with Crippen molar-refractivity contribution in [2.24, 2.45) is 5.92 Å². The lowest BCUT2D eigenvalue weighted by Crippen LogP contribution is -2.17. The van der Waals surface area contributed by atoms with E-state index in [1.54, 1.807) is 6.20 Å². The van der Waals surface area contributed by atoms with Gasteiger partial charge in [0.15, 0.2) is 0 Å². The SMILES string of the molecule is CCOC(=O)C[C@H]1CC[C@H](c2ccc(-c3ccc4nc(C(=O)Nc5ccccc5C)cn4c3)cc2)CC1. The fourth-order valence-electron chi connectivity index (χ4n) is 5.27. The second-order valence-electron chi connectivity index (χ2n) is 9.93. The van der Waals surface area contributed by atoms with Crippen molar-refractivity contribution in [2.75, 3.05) is 11.9 Å². The number of para-hydroxylation sites is 1. The van der Waals surface area contributed by atoms with Gasteiger partial charge in [0.25, 0.3) is 5.91 Å². The standard InChI is InChI=1S/C31H33N3O3/c1-3-37-30(35)18-22-8-10-23(11-9-22)24-12-14-25(15-13-24)26-16-17-29-32-28(20-34(29)19-26)31(36)33-27-7-5-4-6-21(27)2/h4-7,12-17,19-20,22-23H,3,8-11,18H2,1-2H3,(H,33,36)/t22-,23-. The summed E-state index contributed by atoms with van der Waals surface area (Å²) in [6, 6.07) is 20.5. The van der Waals surface area contributed by atoms with Gasteiger partial charge in [0.05, 0.1) is 6.61 Å². The number of fused-ring (bicyclic) bond motifs is 1. The van der Waals surface area contributed by atoms with E-state index >= 15 is 0 Å². The summed E-state index contributed by atoms with van der Waals surface area (Å²) in [5.41, 5.74) is 6.47. The third-order valence-electron chi connectivity index (χ3n) is 7.40. The average molecular weight is 496 g/mol. The molecule has 1 amide bonds. The lowest BCUT2D eigenvalue weighted by molar-refractivity contribution is -0.144. The number of amides is 1. The Morgan fingerprint density at radius 1 is 0.946 bits per heavy atom. The molecule has 2 heterocycles. The Morgan fingerprint density at radius 2 is 1.68 bits per heavy atom. The van der Waals surface area contributed by atoms with Crippen LogP contribution in [0.4, 0.5) is 5.69 Å². The maximum Gasteiger partial charge on any atom is 0.306 e. The van der Waals surface area contributed by atoms with Gasteiger partial charge in [-0.05, 0) is 91.8 Å². The van der Waals surface area contributed by atoms with Crippen molar-refractivity contribution in [3.63, 3.8) is 0 Å². The Hall–Kier alpha value is -3.93. The number of esters is 1. The summed E-state index contributed by atoms with van der Waals surface area (Å²) in [5.74, 6) is 0.697. The number of pyridine rings is 1. The summed E-state index contributed by atoms with van der Waals surface area (Å²) < 4.78 is 7.02. The van der Waals surface area contributed by atoms with Gasteiger partial charge in [-0.1, -0.05) is 42.5 Å². The molecule has 5 rings (SSSR count). The molecule has 1 fully saturated rings. The van der Waals surface area contributed by atoms with Gasteiger partial charge in [0, 0.05) is 24.5 Å². The van der Waals surface area contributed by atoms with Crippen molar-refractivity contribution in [3.8, 4) is 11.1 Å². The van der Waals surface area contributed by atoms with Crippen LogP contribution in [0.15, 0.2) is 73.1 Å². The van der Waals surface area contributed by atoms with Gasteiger partial charge in [-0.3, -0.25) is 9.59 Å². The minimum atomic E-state index is -0.221. The molecular formula is C31H33N3O3. The first-order valence-corrected chi connectivity index (χ1v) is 13.1. The normalized spacial score (nSPS) is 17.5. The number of nitrogens with one attached hydrogen (secondary N) is 1. The van der Waals surface area contributed by atoms with Gasteiger partial charge in [0.1, 0.15) is 11.3 Å². The predicted molar refractivity (Wildman–Crippen MR) is 146 cm³/mol. The van der Waals surface area contributed by atoms with Crippen molar-refractivity contribution in [2.45, 2.75) is 51.9 Å². The van der Waals surface area contributed by atoms with Crippen molar-refractivity contribution >= 4 is 23.2 Å². The fraction of sp³-hybridized carbons (Fsp3) is 0.323. The van der Waals surface area contributed by atoms with Crippen LogP contribution in [-0.2, 0) is 9.53 Å². The van der Waals surface area contributed by atoms with Gasteiger partial charge in [0.2, 0.25) is 0 Å². The van der Waals surface area contributed by atoms with E-state index in [1.807, 2.05) is 60.8 Å². The van der Waals surface area contributed by atoms with Gasteiger partial charge in [-0.2, -0.15) is 0 Å². The number of benzene rings is 2. The number of nitrogens with zero attached hydrogens (tertiary/aromatic N) is 2. The highest BCUT2D eigenvalue weighted by Crippen LogP contribution is 2.37. The largest absolute Gasteiger partial charge is 0.466 e. The van der Waals surface area contributed by atoms with Crippen LogP contribution in [0.2, 0.25) is 0 Å². The maximum absolute atomic E-state index is 12.8. The number of ether oxygens (including phenoxy) is 1. The highest BCUT2D eigenvalue weighted by Gasteiger charge is 2.24. The Morgan fingerprint density at radius 3 is 2.41 bits per heavy atom. The minimum Gasteiger partial charge on any atom is -0.466 e. The molecular weight excluding hydrogens is 462 g/mol. The third-order valence-corrected chi connectivity index (χ3v) is 7.40. The average Bonchev–Trinajstić information content (AvgIpc) is 3.34. The third kappa shape index (κ3) is 5.74. The number of aryl methyl sites for hydroxylation is 1. The molecule has 1 saturated carbocycles. The lowest BCUT2D eigenvalue weighted by atomic mass is 9.77. The molecule has 0 atom stereocenters. The van der Waals surface area contributed by atoms with E-state index in [4.69, 9.17) is 4.74 Å². The number of imidazole rings is 1. The highest BCUT2D eigenvalue weighted by molar-refractivity contribution is 6.03. The summed E-state index contributed by atoms with van der Waals surface area (Å²) in [6.07, 6.45) is 8.70. The van der Waals surface area contributed by atoms with E-state index in [1.165, 1.54) is 5.56 Å². The Balaban J connectivity index is 1.24. The number of aromatic nitrogens is 2. The summed E-state index contributed by atoms with van der Waals surface area (Å²) in [4.78, 5) is 29.1. The smallest absolute Gasteiger partial charge is 0.306 e. The van der Waals surface area contributed by atoms with E-state index in [9.17, 15) is 9.59 Å². The summed E-state index contributed by atoms with van der Waals surface area (Å²) in [7, 11) is 0. The molecule has 0 unspecified atom stereocenters. The van der Waals surface area contributed by atoms with Crippen molar-refractivity contribution in [1.82, 2.24) is 9.38 Å².